The minimum absolute atomic E-state index is 0.247. The number of hydrogen-bond acceptors (Lipinski definition) is 5. The van der Waals surface area contributed by atoms with E-state index in [1.54, 1.807) is 0 Å². The highest BCUT2D eigenvalue weighted by Crippen LogP contribution is 2.14. The molecule has 3 rings (SSSR count). The summed E-state index contributed by atoms with van der Waals surface area (Å²) in [5.74, 6) is 0.0589. The summed E-state index contributed by atoms with van der Waals surface area (Å²) in [6.45, 7) is 1.19. The number of aromatic nitrogens is 1. The second-order valence-electron chi connectivity index (χ2n) is 7.75. The zero-order valence-electron chi connectivity index (χ0n) is 19.0. The highest BCUT2D eigenvalue weighted by atomic mass is 16.5. The molecule has 0 aliphatic heterocycles. The molecule has 172 valence electrons. The lowest BCUT2D eigenvalue weighted by Gasteiger charge is -2.09. The molecule has 1 N–H and O–H groups in total. The van der Waals surface area contributed by atoms with E-state index in [1.165, 1.54) is 37.6 Å². The van der Waals surface area contributed by atoms with Crippen LogP contribution in [0.1, 0.15) is 51.1 Å². The van der Waals surface area contributed by atoms with Crippen molar-refractivity contribution in [2.45, 2.75) is 32.1 Å². The van der Waals surface area contributed by atoms with Crippen molar-refractivity contribution < 1.29 is 19.1 Å². The van der Waals surface area contributed by atoms with Crippen LogP contribution in [0.2, 0.25) is 0 Å². The van der Waals surface area contributed by atoms with E-state index in [9.17, 15) is 9.59 Å². The normalized spacial score (nSPS) is 10.5. The third-order valence-corrected chi connectivity index (χ3v) is 5.27. The monoisotopic (exact) mass is 446 g/mol. The van der Waals surface area contributed by atoms with Crippen molar-refractivity contribution in [2.75, 3.05) is 20.3 Å². The number of amides is 1. The van der Waals surface area contributed by atoms with E-state index < -0.39 is 5.97 Å². The van der Waals surface area contributed by atoms with E-state index in [1.807, 2.05) is 30.3 Å². The van der Waals surface area contributed by atoms with Crippen LogP contribution in [0, 0.1) is 0 Å². The molecule has 0 unspecified atom stereocenters. The van der Waals surface area contributed by atoms with E-state index >= 15 is 0 Å². The van der Waals surface area contributed by atoms with Crippen LogP contribution in [0.15, 0.2) is 73.1 Å². The molecule has 6 nitrogen and oxygen atoms in total. The molecule has 1 heterocycles. The van der Waals surface area contributed by atoms with Gasteiger partial charge in [-0.15, -0.1) is 0 Å². The smallest absolute Gasteiger partial charge is 0.339 e. The van der Waals surface area contributed by atoms with Gasteiger partial charge in [0.15, 0.2) is 0 Å². The van der Waals surface area contributed by atoms with Crippen molar-refractivity contribution >= 4 is 11.9 Å². The highest BCUT2D eigenvalue weighted by Gasteiger charge is 2.11. The molecule has 0 aliphatic carbocycles. The lowest BCUT2D eigenvalue weighted by Crippen LogP contribution is -2.26. The molecule has 0 fully saturated rings. The molecule has 0 bridgehead atoms. The van der Waals surface area contributed by atoms with Crippen LogP contribution < -0.4 is 10.1 Å². The van der Waals surface area contributed by atoms with Crippen LogP contribution >= 0.6 is 0 Å². The Balaban J connectivity index is 1.32. The SMILES string of the molecule is COC(=O)c1cncc(C(=O)NCCc2ccc(OCCCCCc3ccccc3)cc2)c1. The number of nitrogens with zero attached hydrogens (tertiary/aromatic N) is 1. The van der Waals surface area contributed by atoms with Gasteiger partial charge in [0.1, 0.15) is 5.75 Å². The number of carbonyl (C=O) groups is 2. The molecule has 33 heavy (non-hydrogen) atoms. The molecule has 3 aromatic rings. The first-order valence-corrected chi connectivity index (χ1v) is 11.2. The van der Waals surface area contributed by atoms with Gasteiger partial charge in [-0.2, -0.15) is 0 Å². The Morgan fingerprint density at radius 1 is 0.848 bits per heavy atom. The molecular formula is C27H30N2O4. The van der Waals surface area contributed by atoms with E-state index in [0.717, 1.165) is 30.6 Å². The first-order chi connectivity index (χ1) is 16.2. The number of unbranched alkanes of at least 4 members (excludes halogenated alkanes) is 2. The fourth-order valence-electron chi connectivity index (χ4n) is 3.41. The lowest BCUT2D eigenvalue weighted by molar-refractivity contribution is 0.0600. The largest absolute Gasteiger partial charge is 0.494 e. The molecule has 2 aromatic carbocycles. The second kappa shape index (κ2) is 13.0. The van der Waals surface area contributed by atoms with Crippen LogP contribution in [0.5, 0.6) is 5.75 Å². The van der Waals surface area contributed by atoms with Gasteiger partial charge in [-0.25, -0.2) is 4.79 Å². The first-order valence-electron chi connectivity index (χ1n) is 11.2. The maximum Gasteiger partial charge on any atom is 0.339 e. The predicted octanol–water partition coefficient (Wildman–Crippen LogP) is 4.63. The number of pyridine rings is 1. The number of esters is 1. The Bertz CT molecular complexity index is 1020. The van der Waals surface area contributed by atoms with Crippen LogP contribution in [0.4, 0.5) is 0 Å². The number of rotatable bonds is 12. The van der Waals surface area contributed by atoms with Crippen LogP contribution in [-0.4, -0.2) is 37.1 Å². The summed E-state index contributed by atoms with van der Waals surface area (Å²) in [6.07, 6.45) is 7.94. The molecule has 0 saturated carbocycles. The Kier molecular flexibility index (Phi) is 9.45. The standard InChI is InChI=1S/C27H30N2O4/c1-32-27(31)24-18-23(19-28-20-24)26(30)29-16-15-22-11-13-25(14-12-22)33-17-7-3-6-10-21-8-4-2-5-9-21/h2,4-5,8-9,11-14,18-20H,3,6-7,10,15-17H2,1H3,(H,29,30). The minimum Gasteiger partial charge on any atom is -0.494 e. The molecule has 6 heteroatoms. The van der Waals surface area contributed by atoms with E-state index in [0.29, 0.717) is 25.1 Å². The summed E-state index contributed by atoms with van der Waals surface area (Å²) in [6, 6.07) is 20.0. The van der Waals surface area contributed by atoms with Gasteiger partial charge in [-0.1, -0.05) is 42.5 Å². The Morgan fingerprint density at radius 2 is 1.58 bits per heavy atom. The average molecular weight is 447 g/mol. The number of carbonyl (C=O) groups excluding carboxylic acids is 2. The topological polar surface area (TPSA) is 77.5 Å². The summed E-state index contributed by atoms with van der Waals surface area (Å²) in [7, 11) is 1.29. The predicted molar refractivity (Wildman–Crippen MR) is 128 cm³/mol. The number of aryl methyl sites for hydroxylation is 1. The lowest BCUT2D eigenvalue weighted by atomic mass is 10.1. The summed E-state index contributed by atoms with van der Waals surface area (Å²) < 4.78 is 10.5. The molecular weight excluding hydrogens is 416 g/mol. The van der Waals surface area contributed by atoms with Crippen LogP contribution in [0.3, 0.4) is 0 Å². The average Bonchev–Trinajstić information content (AvgIpc) is 2.87. The maximum absolute atomic E-state index is 12.3. The molecule has 0 saturated heterocycles. The third kappa shape index (κ3) is 8.07. The molecule has 0 spiro atoms. The third-order valence-electron chi connectivity index (χ3n) is 5.27. The van der Waals surface area contributed by atoms with Gasteiger partial charge in [-0.3, -0.25) is 9.78 Å². The Labute approximate surface area is 195 Å². The number of benzene rings is 2. The van der Waals surface area contributed by atoms with Crippen molar-refractivity contribution in [2.24, 2.45) is 0 Å². The molecule has 0 radical (unpaired) electrons. The minimum atomic E-state index is -0.522. The summed E-state index contributed by atoms with van der Waals surface area (Å²) in [5, 5.41) is 2.85. The van der Waals surface area contributed by atoms with Crippen molar-refractivity contribution in [3.8, 4) is 5.75 Å². The second-order valence-corrected chi connectivity index (χ2v) is 7.75. The molecule has 0 atom stereocenters. The summed E-state index contributed by atoms with van der Waals surface area (Å²) in [4.78, 5) is 27.8. The van der Waals surface area contributed by atoms with Gasteiger partial charge in [0.25, 0.3) is 5.91 Å². The maximum atomic E-state index is 12.3. The van der Waals surface area contributed by atoms with Crippen LogP contribution in [-0.2, 0) is 17.6 Å². The quantitative estimate of drug-likeness (QED) is 0.324. The van der Waals surface area contributed by atoms with E-state index in [-0.39, 0.29) is 11.5 Å². The van der Waals surface area contributed by atoms with Crippen molar-refractivity contribution in [3.05, 3.63) is 95.3 Å². The van der Waals surface area contributed by atoms with Crippen molar-refractivity contribution in [1.29, 1.82) is 0 Å². The molecule has 0 aliphatic rings. The number of nitrogens with one attached hydrogen (secondary N) is 1. The number of ether oxygens (including phenoxy) is 2. The molecule has 1 amide bonds. The number of methoxy groups -OCH3 is 1. The summed E-state index contributed by atoms with van der Waals surface area (Å²) >= 11 is 0. The van der Waals surface area contributed by atoms with E-state index in [4.69, 9.17) is 4.74 Å². The van der Waals surface area contributed by atoms with Gasteiger partial charge in [0.2, 0.25) is 0 Å². The van der Waals surface area contributed by atoms with Gasteiger partial charge in [-0.05, 0) is 61.4 Å². The summed E-state index contributed by atoms with van der Waals surface area (Å²) in [5.41, 5.74) is 3.06. The van der Waals surface area contributed by atoms with Crippen molar-refractivity contribution in [1.82, 2.24) is 10.3 Å². The Hall–Kier alpha value is -3.67. The fraction of sp³-hybridized carbons (Fsp3) is 0.296. The first kappa shape index (κ1) is 24.0. The zero-order valence-corrected chi connectivity index (χ0v) is 19.0. The zero-order chi connectivity index (χ0) is 23.3. The van der Waals surface area contributed by atoms with Gasteiger partial charge in [0, 0.05) is 18.9 Å². The van der Waals surface area contributed by atoms with Gasteiger partial charge >= 0.3 is 5.97 Å². The molecule has 1 aromatic heterocycles. The van der Waals surface area contributed by atoms with Crippen molar-refractivity contribution in [3.63, 3.8) is 0 Å². The van der Waals surface area contributed by atoms with Gasteiger partial charge in [0.05, 0.1) is 24.8 Å². The van der Waals surface area contributed by atoms with Crippen LogP contribution in [0.25, 0.3) is 0 Å². The fourth-order valence-corrected chi connectivity index (χ4v) is 3.41. The Morgan fingerprint density at radius 3 is 2.33 bits per heavy atom. The van der Waals surface area contributed by atoms with Gasteiger partial charge < -0.3 is 14.8 Å². The van der Waals surface area contributed by atoms with E-state index in [2.05, 4.69) is 39.3 Å². The number of hydrogen-bond donors (Lipinski definition) is 1. The highest BCUT2D eigenvalue weighted by molar-refractivity contribution is 5.97.